The van der Waals surface area contributed by atoms with Gasteiger partial charge in [-0.15, -0.1) is 0 Å². The van der Waals surface area contributed by atoms with Gasteiger partial charge in [-0.2, -0.15) is 0 Å². The van der Waals surface area contributed by atoms with Crippen molar-refractivity contribution in [2.24, 2.45) is 5.41 Å². The van der Waals surface area contributed by atoms with Crippen molar-refractivity contribution in [3.8, 4) is 0 Å². The summed E-state index contributed by atoms with van der Waals surface area (Å²) in [5.41, 5.74) is 0.411. The predicted octanol–water partition coefficient (Wildman–Crippen LogP) is 3.38. The summed E-state index contributed by atoms with van der Waals surface area (Å²) in [6, 6.07) is 0. The second-order valence-electron chi connectivity index (χ2n) is 7.72. The standard InChI is InChI=1S/C16H33NO2/c1-14(2,3)17-12-16(8-7-11-19-13-16)10-9-15(4,5)18-6/h17H,7-13H2,1-6H3. The van der Waals surface area contributed by atoms with Crippen molar-refractivity contribution in [2.45, 2.75) is 71.4 Å². The number of hydrogen-bond donors (Lipinski definition) is 1. The lowest BCUT2D eigenvalue weighted by Crippen LogP contribution is -2.48. The first-order valence-corrected chi connectivity index (χ1v) is 7.56. The summed E-state index contributed by atoms with van der Waals surface area (Å²) in [7, 11) is 1.80. The van der Waals surface area contributed by atoms with Gasteiger partial charge in [0, 0.05) is 31.2 Å². The van der Waals surface area contributed by atoms with Gasteiger partial charge in [0.05, 0.1) is 12.2 Å². The number of ether oxygens (including phenoxy) is 2. The first-order chi connectivity index (χ1) is 8.68. The molecule has 0 aliphatic carbocycles. The summed E-state index contributed by atoms with van der Waals surface area (Å²) in [5, 5.41) is 3.67. The summed E-state index contributed by atoms with van der Waals surface area (Å²) in [5.74, 6) is 0. The fourth-order valence-corrected chi connectivity index (χ4v) is 2.46. The Morgan fingerprint density at radius 2 is 1.89 bits per heavy atom. The smallest absolute Gasteiger partial charge is 0.0623 e. The van der Waals surface area contributed by atoms with Gasteiger partial charge in [0.1, 0.15) is 0 Å². The molecule has 19 heavy (non-hydrogen) atoms. The van der Waals surface area contributed by atoms with Gasteiger partial charge in [0.25, 0.3) is 0 Å². The lowest BCUT2D eigenvalue weighted by molar-refractivity contribution is -0.0404. The second kappa shape index (κ2) is 6.55. The van der Waals surface area contributed by atoms with E-state index in [1.54, 1.807) is 7.11 Å². The molecule has 1 unspecified atom stereocenters. The van der Waals surface area contributed by atoms with Gasteiger partial charge in [-0.05, 0) is 60.3 Å². The number of nitrogens with one attached hydrogen (secondary N) is 1. The molecule has 114 valence electrons. The third kappa shape index (κ3) is 6.24. The summed E-state index contributed by atoms with van der Waals surface area (Å²) in [4.78, 5) is 0. The quantitative estimate of drug-likeness (QED) is 0.803. The monoisotopic (exact) mass is 271 g/mol. The fraction of sp³-hybridized carbons (Fsp3) is 1.00. The molecule has 0 amide bonds. The molecule has 1 heterocycles. The zero-order valence-corrected chi connectivity index (χ0v) is 13.8. The Balaban J connectivity index is 2.60. The molecule has 3 heteroatoms. The number of rotatable bonds is 6. The largest absolute Gasteiger partial charge is 0.381 e. The van der Waals surface area contributed by atoms with Crippen molar-refractivity contribution in [3.63, 3.8) is 0 Å². The summed E-state index contributed by atoms with van der Waals surface area (Å²) in [6.07, 6.45) is 4.69. The lowest BCUT2D eigenvalue weighted by Gasteiger charge is -2.41. The minimum Gasteiger partial charge on any atom is -0.381 e. The molecule has 0 saturated carbocycles. The Morgan fingerprint density at radius 3 is 2.37 bits per heavy atom. The van der Waals surface area contributed by atoms with Crippen molar-refractivity contribution < 1.29 is 9.47 Å². The fourth-order valence-electron chi connectivity index (χ4n) is 2.46. The number of hydrogen-bond acceptors (Lipinski definition) is 3. The number of methoxy groups -OCH3 is 1. The van der Waals surface area contributed by atoms with Crippen LogP contribution in [0, 0.1) is 5.41 Å². The van der Waals surface area contributed by atoms with Crippen LogP contribution in [0.2, 0.25) is 0 Å². The first-order valence-electron chi connectivity index (χ1n) is 7.56. The van der Waals surface area contributed by atoms with Crippen LogP contribution in [0.5, 0.6) is 0 Å². The molecule has 1 atom stereocenters. The summed E-state index contributed by atoms with van der Waals surface area (Å²) in [6.45, 7) is 13.9. The minimum absolute atomic E-state index is 0.0355. The SMILES string of the molecule is COC(C)(C)CCC1(CNC(C)(C)C)CCCOC1. The van der Waals surface area contributed by atoms with E-state index >= 15 is 0 Å². The molecule has 0 aromatic rings. The van der Waals surface area contributed by atoms with E-state index in [0.717, 1.165) is 32.6 Å². The maximum Gasteiger partial charge on any atom is 0.0623 e. The van der Waals surface area contributed by atoms with Crippen molar-refractivity contribution in [1.29, 1.82) is 0 Å². The van der Waals surface area contributed by atoms with E-state index < -0.39 is 0 Å². The second-order valence-corrected chi connectivity index (χ2v) is 7.72. The van der Waals surface area contributed by atoms with E-state index in [0.29, 0.717) is 0 Å². The maximum atomic E-state index is 5.77. The van der Waals surface area contributed by atoms with Crippen molar-refractivity contribution in [1.82, 2.24) is 5.32 Å². The van der Waals surface area contributed by atoms with Gasteiger partial charge in [-0.1, -0.05) is 0 Å². The van der Waals surface area contributed by atoms with Gasteiger partial charge in [-0.25, -0.2) is 0 Å². The van der Waals surface area contributed by atoms with E-state index in [-0.39, 0.29) is 16.6 Å². The molecule has 0 aromatic carbocycles. The molecular formula is C16H33NO2. The predicted molar refractivity (Wildman–Crippen MR) is 80.6 cm³/mol. The third-order valence-electron chi connectivity index (χ3n) is 4.21. The molecular weight excluding hydrogens is 238 g/mol. The maximum absolute atomic E-state index is 5.77. The molecule has 0 aromatic heterocycles. The topological polar surface area (TPSA) is 30.5 Å². The van der Waals surface area contributed by atoms with E-state index in [1.165, 1.54) is 12.8 Å². The van der Waals surface area contributed by atoms with Crippen LogP contribution in [0.1, 0.15) is 60.3 Å². The van der Waals surface area contributed by atoms with Crippen LogP contribution in [0.4, 0.5) is 0 Å². The average molecular weight is 271 g/mol. The van der Waals surface area contributed by atoms with E-state index in [4.69, 9.17) is 9.47 Å². The van der Waals surface area contributed by atoms with Crippen LogP contribution >= 0.6 is 0 Å². The Labute approximate surface area is 119 Å². The first kappa shape index (κ1) is 16.9. The van der Waals surface area contributed by atoms with Crippen molar-refractivity contribution >= 4 is 0 Å². The Morgan fingerprint density at radius 1 is 1.21 bits per heavy atom. The highest BCUT2D eigenvalue weighted by atomic mass is 16.5. The highest BCUT2D eigenvalue weighted by molar-refractivity contribution is 4.88. The van der Waals surface area contributed by atoms with Crippen LogP contribution < -0.4 is 5.32 Å². The molecule has 0 spiro atoms. The molecule has 1 N–H and O–H groups in total. The average Bonchev–Trinajstić information content (AvgIpc) is 2.35. The Hall–Kier alpha value is -0.120. The van der Waals surface area contributed by atoms with Gasteiger partial charge in [0.15, 0.2) is 0 Å². The van der Waals surface area contributed by atoms with E-state index in [9.17, 15) is 0 Å². The van der Waals surface area contributed by atoms with Gasteiger partial charge in [-0.3, -0.25) is 0 Å². The zero-order chi connectivity index (χ0) is 14.6. The molecule has 3 nitrogen and oxygen atoms in total. The van der Waals surface area contributed by atoms with Crippen LogP contribution in [0.25, 0.3) is 0 Å². The minimum atomic E-state index is -0.0355. The van der Waals surface area contributed by atoms with Crippen LogP contribution in [-0.2, 0) is 9.47 Å². The molecule has 0 radical (unpaired) electrons. The van der Waals surface area contributed by atoms with Gasteiger partial charge >= 0.3 is 0 Å². The Kier molecular flexibility index (Phi) is 5.84. The summed E-state index contributed by atoms with van der Waals surface area (Å²) < 4.78 is 11.3. The van der Waals surface area contributed by atoms with Crippen molar-refractivity contribution in [3.05, 3.63) is 0 Å². The Bertz CT molecular complexity index is 262. The normalized spacial score (nSPS) is 25.6. The molecule has 1 rings (SSSR count). The molecule has 1 aliphatic heterocycles. The van der Waals surface area contributed by atoms with E-state index in [1.807, 2.05) is 0 Å². The molecule has 0 bridgehead atoms. The van der Waals surface area contributed by atoms with Crippen LogP contribution in [-0.4, -0.2) is 38.0 Å². The molecule has 1 saturated heterocycles. The highest BCUT2D eigenvalue weighted by Gasteiger charge is 2.35. The lowest BCUT2D eigenvalue weighted by atomic mass is 9.76. The van der Waals surface area contributed by atoms with Crippen LogP contribution in [0.15, 0.2) is 0 Å². The van der Waals surface area contributed by atoms with Gasteiger partial charge in [0.2, 0.25) is 0 Å². The van der Waals surface area contributed by atoms with Crippen LogP contribution in [0.3, 0.4) is 0 Å². The third-order valence-corrected chi connectivity index (χ3v) is 4.21. The summed E-state index contributed by atoms with van der Waals surface area (Å²) >= 11 is 0. The molecule has 1 fully saturated rings. The van der Waals surface area contributed by atoms with Gasteiger partial charge < -0.3 is 14.8 Å². The van der Waals surface area contributed by atoms with E-state index in [2.05, 4.69) is 39.9 Å². The molecule has 1 aliphatic rings. The zero-order valence-electron chi connectivity index (χ0n) is 13.8. The highest BCUT2D eigenvalue weighted by Crippen LogP contribution is 2.36. The van der Waals surface area contributed by atoms with Crippen molar-refractivity contribution in [2.75, 3.05) is 26.9 Å².